The maximum Gasteiger partial charge on any atom is 0.261 e. The second-order valence-corrected chi connectivity index (χ2v) is 6.23. The van der Waals surface area contributed by atoms with Crippen LogP contribution in [0.5, 0.6) is 11.5 Å². The Balaban J connectivity index is 1.84. The minimum atomic E-state index is -0.230. The third-order valence-corrected chi connectivity index (χ3v) is 4.41. The highest BCUT2D eigenvalue weighted by Crippen LogP contribution is 2.30. The monoisotopic (exact) mass is 381 g/mol. The number of aromatic nitrogens is 2. The Kier molecular flexibility index (Phi) is 5.93. The maximum absolute atomic E-state index is 13.1. The molecule has 7 heteroatoms. The summed E-state index contributed by atoms with van der Waals surface area (Å²) >= 11 is 0. The predicted octanol–water partition coefficient (Wildman–Crippen LogP) is 3.72. The van der Waals surface area contributed by atoms with Crippen LogP contribution in [-0.4, -0.2) is 41.7 Å². The van der Waals surface area contributed by atoms with Crippen molar-refractivity contribution in [3.8, 4) is 22.9 Å². The first-order valence-electron chi connectivity index (χ1n) is 8.97. The molecule has 1 aromatic heterocycles. The SMILES string of the molecule is CCN(Cc1nc(-c2ccc(C)cc2)no1)C(=O)c1c(OC)cccc1OC. The lowest BCUT2D eigenvalue weighted by atomic mass is 10.1. The molecule has 0 aliphatic carbocycles. The van der Waals surface area contributed by atoms with E-state index in [1.807, 2.05) is 38.1 Å². The Morgan fingerprint density at radius 2 is 1.71 bits per heavy atom. The van der Waals surface area contributed by atoms with E-state index in [-0.39, 0.29) is 12.5 Å². The lowest BCUT2D eigenvalue weighted by Gasteiger charge is -2.21. The van der Waals surface area contributed by atoms with Crippen molar-refractivity contribution >= 4 is 5.91 Å². The molecule has 7 nitrogen and oxygen atoms in total. The van der Waals surface area contributed by atoms with Crippen LogP contribution in [0.2, 0.25) is 0 Å². The van der Waals surface area contributed by atoms with Crippen LogP contribution in [0.1, 0.15) is 28.7 Å². The van der Waals surface area contributed by atoms with Crippen molar-refractivity contribution in [2.45, 2.75) is 20.4 Å². The molecule has 3 rings (SSSR count). The number of aryl methyl sites for hydroxylation is 1. The van der Waals surface area contributed by atoms with Crippen LogP contribution < -0.4 is 9.47 Å². The third kappa shape index (κ3) is 3.98. The highest BCUT2D eigenvalue weighted by Gasteiger charge is 2.24. The van der Waals surface area contributed by atoms with Gasteiger partial charge in [-0.2, -0.15) is 4.98 Å². The Labute approximate surface area is 163 Å². The second kappa shape index (κ2) is 8.56. The van der Waals surface area contributed by atoms with Gasteiger partial charge < -0.3 is 18.9 Å². The van der Waals surface area contributed by atoms with Gasteiger partial charge in [0.25, 0.3) is 5.91 Å². The molecular formula is C21H23N3O4. The molecule has 0 saturated carbocycles. The Hall–Kier alpha value is -3.35. The molecule has 0 spiro atoms. The molecule has 0 saturated heterocycles. The number of amides is 1. The van der Waals surface area contributed by atoms with Crippen LogP contribution in [0.25, 0.3) is 11.4 Å². The summed E-state index contributed by atoms with van der Waals surface area (Å²) < 4.78 is 16.1. The Morgan fingerprint density at radius 3 is 2.29 bits per heavy atom. The van der Waals surface area contributed by atoms with Gasteiger partial charge in [-0.15, -0.1) is 0 Å². The number of benzene rings is 2. The van der Waals surface area contributed by atoms with Crippen molar-refractivity contribution in [2.24, 2.45) is 0 Å². The zero-order chi connectivity index (χ0) is 20.1. The van der Waals surface area contributed by atoms with Crippen molar-refractivity contribution in [3.05, 3.63) is 59.5 Å². The average molecular weight is 381 g/mol. The summed E-state index contributed by atoms with van der Waals surface area (Å²) in [5.41, 5.74) is 2.38. The van der Waals surface area contributed by atoms with E-state index in [1.54, 1.807) is 23.1 Å². The molecule has 0 radical (unpaired) electrons. The fourth-order valence-electron chi connectivity index (χ4n) is 2.85. The number of ether oxygens (including phenoxy) is 2. The largest absolute Gasteiger partial charge is 0.496 e. The smallest absolute Gasteiger partial charge is 0.261 e. The summed E-state index contributed by atoms with van der Waals surface area (Å²) in [6.45, 7) is 4.55. The summed E-state index contributed by atoms with van der Waals surface area (Å²) in [6, 6.07) is 13.1. The molecule has 0 unspecified atom stereocenters. The van der Waals surface area contributed by atoms with Crippen LogP contribution in [0.15, 0.2) is 47.0 Å². The van der Waals surface area contributed by atoms with Gasteiger partial charge in [-0.1, -0.05) is 41.1 Å². The van der Waals surface area contributed by atoms with Gasteiger partial charge >= 0.3 is 0 Å². The van der Waals surface area contributed by atoms with Crippen LogP contribution in [0.4, 0.5) is 0 Å². The normalized spacial score (nSPS) is 10.6. The van der Waals surface area contributed by atoms with Crippen molar-refractivity contribution in [1.29, 1.82) is 0 Å². The number of hydrogen-bond acceptors (Lipinski definition) is 6. The minimum Gasteiger partial charge on any atom is -0.496 e. The zero-order valence-corrected chi connectivity index (χ0v) is 16.4. The maximum atomic E-state index is 13.1. The van der Waals surface area contributed by atoms with E-state index in [9.17, 15) is 4.79 Å². The van der Waals surface area contributed by atoms with E-state index < -0.39 is 0 Å². The first kappa shape index (κ1) is 19.4. The topological polar surface area (TPSA) is 77.7 Å². The number of nitrogens with zero attached hydrogens (tertiary/aromatic N) is 3. The van der Waals surface area contributed by atoms with Gasteiger partial charge in [0.2, 0.25) is 11.7 Å². The molecule has 0 atom stereocenters. The molecule has 28 heavy (non-hydrogen) atoms. The first-order valence-corrected chi connectivity index (χ1v) is 8.97. The van der Waals surface area contributed by atoms with Crippen molar-refractivity contribution in [3.63, 3.8) is 0 Å². The average Bonchev–Trinajstić information content (AvgIpc) is 3.19. The molecule has 1 heterocycles. The number of carbonyl (C=O) groups excluding carboxylic acids is 1. The molecular weight excluding hydrogens is 358 g/mol. The van der Waals surface area contributed by atoms with Crippen molar-refractivity contribution < 1.29 is 18.8 Å². The Bertz CT molecular complexity index is 928. The fourth-order valence-corrected chi connectivity index (χ4v) is 2.85. The van der Waals surface area contributed by atoms with Gasteiger partial charge in [-0.25, -0.2) is 0 Å². The summed E-state index contributed by atoms with van der Waals surface area (Å²) in [5, 5.41) is 4.03. The fraction of sp³-hybridized carbons (Fsp3) is 0.286. The minimum absolute atomic E-state index is 0.190. The molecule has 3 aromatic rings. The van der Waals surface area contributed by atoms with E-state index in [0.717, 1.165) is 11.1 Å². The summed E-state index contributed by atoms with van der Waals surface area (Å²) in [6.07, 6.45) is 0. The zero-order valence-electron chi connectivity index (χ0n) is 16.4. The number of carbonyl (C=O) groups is 1. The molecule has 0 aliphatic rings. The highest BCUT2D eigenvalue weighted by atomic mass is 16.5. The van der Waals surface area contributed by atoms with E-state index in [2.05, 4.69) is 10.1 Å². The quantitative estimate of drug-likeness (QED) is 0.621. The summed E-state index contributed by atoms with van der Waals surface area (Å²) in [7, 11) is 3.04. The van der Waals surface area contributed by atoms with Crippen LogP contribution in [-0.2, 0) is 6.54 Å². The van der Waals surface area contributed by atoms with Gasteiger partial charge in [-0.05, 0) is 26.0 Å². The molecule has 0 N–H and O–H groups in total. The summed E-state index contributed by atoms with van der Waals surface area (Å²) in [4.78, 5) is 19.2. The summed E-state index contributed by atoms with van der Waals surface area (Å²) in [5.74, 6) is 1.53. The molecule has 1 amide bonds. The predicted molar refractivity (Wildman–Crippen MR) is 104 cm³/mol. The molecule has 0 fully saturated rings. The number of methoxy groups -OCH3 is 2. The second-order valence-electron chi connectivity index (χ2n) is 6.23. The molecule has 146 valence electrons. The van der Waals surface area contributed by atoms with Gasteiger partial charge in [0.05, 0.1) is 14.2 Å². The standard InChI is InChI=1S/C21H23N3O4/c1-5-24(21(25)19-16(26-3)7-6-8-17(19)27-4)13-18-22-20(23-28-18)15-11-9-14(2)10-12-15/h6-12H,5,13H2,1-4H3. The molecule has 0 aliphatic heterocycles. The molecule has 2 aromatic carbocycles. The first-order chi connectivity index (χ1) is 13.6. The van der Waals surface area contributed by atoms with Crippen molar-refractivity contribution in [1.82, 2.24) is 15.0 Å². The third-order valence-electron chi connectivity index (χ3n) is 4.41. The van der Waals surface area contributed by atoms with Gasteiger partial charge in [0.15, 0.2) is 0 Å². The van der Waals surface area contributed by atoms with Crippen LogP contribution >= 0.6 is 0 Å². The van der Waals surface area contributed by atoms with E-state index >= 15 is 0 Å². The van der Waals surface area contributed by atoms with Crippen LogP contribution in [0.3, 0.4) is 0 Å². The van der Waals surface area contributed by atoms with Gasteiger partial charge in [0, 0.05) is 12.1 Å². The highest BCUT2D eigenvalue weighted by molar-refractivity contribution is 5.99. The number of rotatable bonds is 7. The Morgan fingerprint density at radius 1 is 1.07 bits per heavy atom. The van der Waals surface area contributed by atoms with E-state index in [0.29, 0.717) is 35.3 Å². The van der Waals surface area contributed by atoms with E-state index in [4.69, 9.17) is 14.0 Å². The van der Waals surface area contributed by atoms with Gasteiger partial charge in [-0.3, -0.25) is 4.79 Å². The van der Waals surface area contributed by atoms with E-state index in [1.165, 1.54) is 14.2 Å². The lowest BCUT2D eigenvalue weighted by Crippen LogP contribution is -2.31. The lowest BCUT2D eigenvalue weighted by molar-refractivity contribution is 0.0727. The number of hydrogen-bond donors (Lipinski definition) is 0. The van der Waals surface area contributed by atoms with Crippen LogP contribution in [0, 0.1) is 6.92 Å². The van der Waals surface area contributed by atoms with Gasteiger partial charge in [0.1, 0.15) is 23.6 Å². The molecule has 0 bridgehead atoms. The van der Waals surface area contributed by atoms with Crippen molar-refractivity contribution in [2.75, 3.05) is 20.8 Å².